The molecule has 27 heavy (non-hydrogen) atoms. The quantitative estimate of drug-likeness (QED) is 0.566. The zero-order valence-corrected chi connectivity index (χ0v) is 16.1. The Morgan fingerprint density at radius 3 is 2.78 bits per heavy atom. The Kier molecular flexibility index (Phi) is 6.47. The van der Waals surface area contributed by atoms with Gasteiger partial charge in [-0.2, -0.15) is 0 Å². The topological polar surface area (TPSA) is 56.2 Å². The Morgan fingerprint density at radius 1 is 1.11 bits per heavy atom. The summed E-state index contributed by atoms with van der Waals surface area (Å²) < 4.78 is 7.43. The second kappa shape index (κ2) is 9.21. The number of aromatic nitrogens is 2. The maximum Gasteiger partial charge on any atom is 0.251 e. The van der Waals surface area contributed by atoms with Gasteiger partial charge in [-0.3, -0.25) is 4.79 Å². The minimum Gasteiger partial charge on any atom is -0.497 e. The maximum absolute atomic E-state index is 12.5. The lowest BCUT2D eigenvalue weighted by Crippen LogP contribution is -2.24. The first-order valence-corrected chi connectivity index (χ1v) is 9.59. The van der Waals surface area contributed by atoms with E-state index < -0.39 is 0 Å². The third kappa shape index (κ3) is 4.67. The van der Waals surface area contributed by atoms with Crippen molar-refractivity contribution >= 4 is 16.9 Å². The molecule has 0 aliphatic rings. The van der Waals surface area contributed by atoms with Gasteiger partial charge in [0.25, 0.3) is 5.91 Å². The molecule has 0 spiro atoms. The van der Waals surface area contributed by atoms with Crippen molar-refractivity contribution in [2.24, 2.45) is 0 Å². The van der Waals surface area contributed by atoms with Crippen LogP contribution in [0.1, 0.15) is 48.8 Å². The normalized spacial score (nSPS) is 10.9. The van der Waals surface area contributed by atoms with Crippen molar-refractivity contribution in [3.8, 4) is 5.75 Å². The summed E-state index contributed by atoms with van der Waals surface area (Å²) in [7, 11) is 1.60. The Hall–Kier alpha value is -2.82. The number of carbonyl (C=O) groups excluding carboxylic acids is 1. The predicted octanol–water partition coefficient (Wildman–Crippen LogP) is 4.56. The third-order valence-electron chi connectivity index (χ3n) is 4.71. The molecular formula is C22H27N3O2. The average Bonchev–Trinajstić information content (AvgIpc) is 3.07. The van der Waals surface area contributed by atoms with Crippen molar-refractivity contribution in [2.75, 3.05) is 7.11 Å². The fraction of sp³-hybridized carbons (Fsp3) is 0.364. The maximum atomic E-state index is 12.5. The van der Waals surface area contributed by atoms with Crippen LogP contribution in [0.2, 0.25) is 0 Å². The molecule has 142 valence electrons. The lowest BCUT2D eigenvalue weighted by Gasteiger charge is -2.10. The molecule has 5 nitrogen and oxygen atoms in total. The highest BCUT2D eigenvalue weighted by molar-refractivity contribution is 5.94. The monoisotopic (exact) mass is 365 g/mol. The van der Waals surface area contributed by atoms with E-state index in [1.165, 1.54) is 19.3 Å². The fourth-order valence-electron chi connectivity index (χ4n) is 3.23. The molecule has 5 heteroatoms. The summed E-state index contributed by atoms with van der Waals surface area (Å²) >= 11 is 0. The molecule has 0 bridgehead atoms. The Morgan fingerprint density at radius 2 is 1.96 bits per heavy atom. The van der Waals surface area contributed by atoms with Crippen molar-refractivity contribution < 1.29 is 9.53 Å². The van der Waals surface area contributed by atoms with E-state index in [0.29, 0.717) is 17.9 Å². The predicted molar refractivity (Wildman–Crippen MR) is 108 cm³/mol. The standard InChI is InChI=1S/C22H27N3O2/c1-3-4-5-8-14-25-20-13-7-6-12-19(20)24-21(25)16-23-22(26)17-10-9-11-18(15-17)27-2/h6-7,9-13,15H,3-5,8,14,16H2,1-2H3,(H,23,26). The van der Waals surface area contributed by atoms with E-state index in [0.717, 1.165) is 29.8 Å². The van der Waals surface area contributed by atoms with E-state index in [1.54, 1.807) is 19.2 Å². The number of ether oxygens (including phenoxy) is 1. The van der Waals surface area contributed by atoms with Gasteiger partial charge in [-0.05, 0) is 36.8 Å². The Labute approximate surface area is 160 Å². The van der Waals surface area contributed by atoms with Gasteiger partial charge in [-0.15, -0.1) is 0 Å². The second-order valence-electron chi connectivity index (χ2n) is 6.64. The van der Waals surface area contributed by atoms with E-state index in [-0.39, 0.29) is 5.91 Å². The first-order chi connectivity index (χ1) is 13.2. The van der Waals surface area contributed by atoms with Gasteiger partial charge < -0.3 is 14.6 Å². The highest BCUT2D eigenvalue weighted by Gasteiger charge is 2.12. The van der Waals surface area contributed by atoms with Crippen LogP contribution < -0.4 is 10.1 Å². The molecule has 0 aliphatic heterocycles. The molecule has 0 saturated carbocycles. The van der Waals surface area contributed by atoms with Crippen LogP contribution in [0, 0.1) is 0 Å². The van der Waals surface area contributed by atoms with E-state index in [1.807, 2.05) is 30.3 Å². The number of benzene rings is 2. The molecule has 0 saturated heterocycles. The highest BCUT2D eigenvalue weighted by atomic mass is 16.5. The molecule has 0 radical (unpaired) electrons. The molecule has 0 unspecified atom stereocenters. The van der Waals surface area contributed by atoms with Crippen LogP contribution in [-0.4, -0.2) is 22.6 Å². The molecule has 1 N–H and O–H groups in total. The molecule has 1 amide bonds. The minimum atomic E-state index is -0.126. The number of imidazole rings is 1. The highest BCUT2D eigenvalue weighted by Crippen LogP contribution is 2.18. The molecule has 2 aromatic carbocycles. The summed E-state index contributed by atoms with van der Waals surface area (Å²) in [6, 6.07) is 15.3. The smallest absolute Gasteiger partial charge is 0.251 e. The molecule has 0 aliphatic carbocycles. The van der Waals surface area contributed by atoms with Crippen LogP contribution in [0.15, 0.2) is 48.5 Å². The van der Waals surface area contributed by atoms with Crippen molar-refractivity contribution in [1.29, 1.82) is 0 Å². The van der Waals surface area contributed by atoms with Crippen molar-refractivity contribution in [3.63, 3.8) is 0 Å². The molecule has 3 rings (SSSR count). The van der Waals surface area contributed by atoms with E-state index in [4.69, 9.17) is 9.72 Å². The van der Waals surface area contributed by atoms with Gasteiger partial charge in [0.2, 0.25) is 0 Å². The Bertz CT molecular complexity index is 901. The number of rotatable bonds is 9. The van der Waals surface area contributed by atoms with Gasteiger partial charge in [-0.1, -0.05) is 44.4 Å². The molecule has 0 atom stereocenters. The largest absolute Gasteiger partial charge is 0.497 e. The number of para-hydroxylation sites is 2. The SMILES string of the molecule is CCCCCCn1c(CNC(=O)c2cccc(OC)c2)nc2ccccc21. The summed E-state index contributed by atoms with van der Waals surface area (Å²) in [4.78, 5) is 17.2. The van der Waals surface area contributed by atoms with Gasteiger partial charge in [-0.25, -0.2) is 4.98 Å². The van der Waals surface area contributed by atoms with Gasteiger partial charge in [0.05, 0.1) is 24.7 Å². The zero-order valence-electron chi connectivity index (χ0n) is 16.1. The van der Waals surface area contributed by atoms with Crippen molar-refractivity contribution in [3.05, 3.63) is 59.9 Å². The first kappa shape index (κ1) is 19.0. The second-order valence-corrected chi connectivity index (χ2v) is 6.64. The zero-order chi connectivity index (χ0) is 19.1. The van der Waals surface area contributed by atoms with Gasteiger partial charge in [0, 0.05) is 12.1 Å². The molecular weight excluding hydrogens is 338 g/mol. The number of hydrogen-bond donors (Lipinski definition) is 1. The Balaban J connectivity index is 1.74. The molecule has 3 aromatic rings. The van der Waals surface area contributed by atoms with E-state index in [9.17, 15) is 4.79 Å². The number of aryl methyl sites for hydroxylation is 1. The summed E-state index contributed by atoms with van der Waals surface area (Å²) in [6.45, 7) is 3.54. The average molecular weight is 365 g/mol. The van der Waals surface area contributed by atoms with Gasteiger partial charge in [0.1, 0.15) is 11.6 Å². The fourth-order valence-corrected chi connectivity index (χ4v) is 3.23. The van der Waals surface area contributed by atoms with Crippen molar-refractivity contribution in [2.45, 2.75) is 45.7 Å². The number of unbranched alkanes of at least 4 members (excludes halogenated alkanes) is 3. The molecule has 0 fully saturated rings. The molecule has 1 heterocycles. The van der Waals surface area contributed by atoms with Gasteiger partial charge in [0.15, 0.2) is 0 Å². The lowest BCUT2D eigenvalue weighted by atomic mass is 10.2. The first-order valence-electron chi connectivity index (χ1n) is 9.59. The number of fused-ring (bicyclic) bond motifs is 1. The van der Waals surface area contributed by atoms with Crippen molar-refractivity contribution in [1.82, 2.24) is 14.9 Å². The van der Waals surface area contributed by atoms with Crippen LogP contribution >= 0.6 is 0 Å². The van der Waals surface area contributed by atoms with Crippen LogP contribution in [0.25, 0.3) is 11.0 Å². The van der Waals surface area contributed by atoms with E-state index in [2.05, 4.69) is 22.9 Å². The number of methoxy groups -OCH3 is 1. The van der Waals surface area contributed by atoms with Gasteiger partial charge >= 0.3 is 0 Å². The number of carbonyl (C=O) groups is 1. The summed E-state index contributed by atoms with van der Waals surface area (Å²) in [5.41, 5.74) is 2.68. The van der Waals surface area contributed by atoms with Crippen LogP contribution in [0.5, 0.6) is 5.75 Å². The number of nitrogens with zero attached hydrogens (tertiary/aromatic N) is 2. The number of amides is 1. The number of nitrogens with one attached hydrogen (secondary N) is 1. The van der Waals surface area contributed by atoms with Crippen LogP contribution in [0.4, 0.5) is 0 Å². The van der Waals surface area contributed by atoms with E-state index >= 15 is 0 Å². The summed E-state index contributed by atoms with van der Waals surface area (Å²) in [5, 5.41) is 2.99. The third-order valence-corrected chi connectivity index (χ3v) is 4.71. The summed E-state index contributed by atoms with van der Waals surface area (Å²) in [5.74, 6) is 1.44. The van der Waals surface area contributed by atoms with Crippen LogP contribution in [0.3, 0.4) is 0 Å². The number of hydrogen-bond acceptors (Lipinski definition) is 3. The van der Waals surface area contributed by atoms with Crippen LogP contribution in [-0.2, 0) is 13.1 Å². The summed E-state index contributed by atoms with van der Waals surface area (Å²) in [6.07, 6.45) is 4.78. The lowest BCUT2D eigenvalue weighted by molar-refractivity contribution is 0.0949. The molecule has 1 aromatic heterocycles. The minimum absolute atomic E-state index is 0.126.